The predicted molar refractivity (Wildman–Crippen MR) is 0 cm³/mol. The normalized spacial score (nSPS) is 0. The summed E-state index contributed by atoms with van der Waals surface area (Å²) in [6.45, 7) is 0. The van der Waals surface area contributed by atoms with Gasteiger partial charge in [-0.05, 0) is 0 Å². The predicted octanol–water partition coefficient (Wildman–Crippen LogP) is -18.0. The van der Waals surface area contributed by atoms with Gasteiger partial charge in [-0.3, -0.25) is 0 Å². The summed E-state index contributed by atoms with van der Waals surface area (Å²) in [5.74, 6) is 0. The third kappa shape index (κ3) is 47.3. The number of hydrogen-bond donors (Lipinski definition) is 0. The van der Waals surface area contributed by atoms with Crippen LogP contribution in [0.1, 0.15) is 0 Å². The van der Waals surface area contributed by atoms with E-state index in [-0.39, 0.29) is 113 Å². The Morgan fingerprint density at radius 1 is 0.429 bits per heavy atom. The average molecular weight is 395 g/mol. The maximum absolute atomic E-state index is 0. The molecule has 0 aromatic carbocycles. The monoisotopic (exact) mass is 393 g/mol. The average Bonchev–Trinajstić information content (AvgIpc) is 0. The van der Waals surface area contributed by atoms with Crippen LogP contribution >= 0.6 is 0 Å². The first-order chi connectivity index (χ1) is 0. The fourth-order valence-electron chi connectivity index (χ4n) is 0. The summed E-state index contributed by atoms with van der Waals surface area (Å²) in [6, 6.07) is 0. The van der Waals surface area contributed by atoms with Crippen molar-refractivity contribution in [1.82, 2.24) is 0 Å². The summed E-state index contributed by atoms with van der Waals surface area (Å²) in [5.41, 5.74) is 0. The van der Waals surface area contributed by atoms with Crippen LogP contribution in [0.15, 0.2) is 0 Å². The second-order valence-electron chi connectivity index (χ2n) is 0. The zero-order valence-electron chi connectivity index (χ0n) is 3.21. The zero-order valence-corrected chi connectivity index (χ0v) is 11.3. The molecule has 0 aliphatic carbocycles. The molecule has 0 atom stereocenters. The van der Waals surface area contributed by atoms with Crippen molar-refractivity contribution in [3.8, 4) is 0 Å². The van der Waals surface area contributed by atoms with E-state index in [1.54, 1.807) is 0 Å². The summed E-state index contributed by atoms with van der Waals surface area (Å²) in [6.07, 6.45) is 0. The van der Waals surface area contributed by atoms with Gasteiger partial charge in [-0.2, -0.15) is 0 Å². The fraction of sp³-hybridized carbons (Fsp3) is 0. The van der Waals surface area contributed by atoms with Crippen LogP contribution < -0.4 is 91.6 Å². The fourth-order valence-corrected chi connectivity index (χ4v) is 0. The molecule has 0 fully saturated rings. The molecule has 0 aliphatic heterocycles. The Morgan fingerprint density at radius 2 is 0.429 bits per heavy atom. The van der Waals surface area contributed by atoms with Crippen LogP contribution in [0.2, 0.25) is 0 Å². The summed E-state index contributed by atoms with van der Waals surface area (Å²) in [4.78, 5) is 0. The molecular formula is Cl5NaPt. The zero-order chi connectivity index (χ0) is 0. The smallest absolute Gasteiger partial charge is 1.00 e. The topological polar surface area (TPSA) is 0 Å². The molecule has 7 heavy (non-hydrogen) atoms. The molecule has 0 spiro atoms. The van der Waals surface area contributed by atoms with Crippen molar-refractivity contribution in [2.45, 2.75) is 0 Å². The van der Waals surface area contributed by atoms with Crippen LogP contribution in [0.5, 0.6) is 0 Å². The van der Waals surface area contributed by atoms with Crippen molar-refractivity contribution < 1.29 is 113 Å². The maximum Gasteiger partial charge on any atom is 4.00 e. The molecule has 0 nitrogen and oxygen atoms in total. The van der Waals surface area contributed by atoms with Gasteiger partial charge in [0.1, 0.15) is 0 Å². The summed E-state index contributed by atoms with van der Waals surface area (Å²) in [5, 5.41) is 0. The minimum absolute atomic E-state index is 0. The van der Waals surface area contributed by atoms with Crippen molar-refractivity contribution in [3.63, 3.8) is 0 Å². The van der Waals surface area contributed by atoms with E-state index in [4.69, 9.17) is 0 Å². The van der Waals surface area contributed by atoms with Crippen LogP contribution in [0.3, 0.4) is 0 Å². The van der Waals surface area contributed by atoms with E-state index in [1.807, 2.05) is 0 Å². The number of halogens is 5. The molecule has 0 aromatic rings. The van der Waals surface area contributed by atoms with Crippen LogP contribution in [-0.4, -0.2) is 0 Å². The summed E-state index contributed by atoms with van der Waals surface area (Å²) in [7, 11) is 0. The Labute approximate surface area is 111 Å². The van der Waals surface area contributed by atoms with Gasteiger partial charge in [0.15, 0.2) is 0 Å². The first kappa shape index (κ1) is 86.0. The number of hydrogen-bond acceptors (Lipinski definition) is 0. The Balaban J connectivity index is 0. The summed E-state index contributed by atoms with van der Waals surface area (Å²) < 4.78 is 0. The summed E-state index contributed by atoms with van der Waals surface area (Å²) >= 11 is 0. The first-order valence-corrected chi connectivity index (χ1v) is 0. The van der Waals surface area contributed by atoms with E-state index in [0.717, 1.165) is 0 Å². The first-order valence-electron chi connectivity index (χ1n) is 0. The second kappa shape index (κ2) is 61.5. The molecule has 0 unspecified atom stereocenters. The van der Waals surface area contributed by atoms with Gasteiger partial charge >= 0.3 is 50.6 Å². The minimum Gasteiger partial charge on any atom is -1.00 e. The third-order valence-electron chi connectivity index (χ3n) is 0. The van der Waals surface area contributed by atoms with Gasteiger partial charge in [0, 0.05) is 0 Å². The molecule has 0 heterocycles. The second-order valence-corrected chi connectivity index (χ2v) is 0. The van der Waals surface area contributed by atoms with E-state index >= 15 is 0 Å². The van der Waals surface area contributed by atoms with E-state index in [2.05, 4.69) is 0 Å². The van der Waals surface area contributed by atoms with Gasteiger partial charge < -0.3 is 62.0 Å². The van der Waals surface area contributed by atoms with E-state index in [1.165, 1.54) is 0 Å². The largest absolute Gasteiger partial charge is 4.00 e. The van der Waals surface area contributed by atoms with Crippen LogP contribution in [0.25, 0.3) is 0 Å². The molecule has 0 aliphatic rings. The molecule has 0 amide bonds. The van der Waals surface area contributed by atoms with Crippen molar-refractivity contribution in [2.24, 2.45) is 0 Å². The minimum atomic E-state index is 0. The van der Waals surface area contributed by atoms with Gasteiger partial charge in [0.05, 0.1) is 0 Å². The van der Waals surface area contributed by atoms with Crippen molar-refractivity contribution >= 4 is 0 Å². The van der Waals surface area contributed by atoms with Gasteiger partial charge in [-0.1, -0.05) is 0 Å². The molecule has 0 rings (SSSR count). The quantitative estimate of drug-likeness (QED) is 0.358. The van der Waals surface area contributed by atoms with Crippen LogP contribution in [-0.2, 0) is 21.1 Å². The van der Waals surface area contributed by atoms with Gasteiger partial charge in [0.2, 0.25) is 0 Å². The maximum atomic E-state index is 0. The molecule has 0 bridgehead atoms. The molecule has 0 saturated heterocycles. The Hall–Kier alpha value is 3.14. The van der Waals surface area contributed by atoms with Crippen molar-refractivity contribution in [2.75, 3.05) is 0 Å². The molecule has 0 radical (unpaired) electrons. The van der Waals surface area contributed by atoms with E-state index < -0.39 is 0 Å². The van der Waals surface area contributed by atoms with E-state index in [0.29, 0.717) is 0 Å². The Morgan fingerprint density at radius 3 is 0.429 bits per heavy atom. The van der Waals surface area contributed by atoms with E-state index in [9.17, 15) is 0 Å². The standard InChI is InChI=1S/5ClH.Na.Pt/h5*1H;;/q;;;;;+1;+4/p-5. The molecule has 0 N–H and O–H groups in total. The van der Waals surface area contributed by atoms with Crippen LogP contribution in [0.4, 0.5) is 0 Å². The third-order valence-corrected chi connectivity index (χ3v) is 0. The number of rotatable bonds is 0. The Bertz CT molecular complexity index is 8.04. The van der Waals surface area contributed by atoms with Crippen molar-refractivity contribution in [3.05, 3.63) is 0 Å². The van der Waals surface area contributed by atoms with Gasteiger partial charge in [-0.25, -0.2) is 0 Å². The SMILES string of the molecule is [Cl-].[Cl-].[Cl-].[Cl-].[Cl-].[Na+].[Pt+4]. The van der Waals surface area contributed by atoms with Gasteiger partial charge in [-0.15, -0.1) is 0 Å². The van der Waals surface area contributed by atoms with Gasteiger partial charge in [0.25, 0.3) is 0 Å². The molecule has 46 valence electrons. The van der Waals surface area contributed by atoms with Crippen LogP contribution in [0, 0.1) is 0 Å². The van der Waals surface area contributed by atoms with Crippen molar-refractivity contribution in [1.29, 1.82) is 0 Å². The molecule has 0 saturated carbocycles. The Kier molecular flexibility index (Phi) is 755. The molecule has 7 heteroatoms. The molecule has 0 aromatic heterocycles. The molecular weight excluding hydrogens is 395 g/mol.